The van der Waals surface area contributed by atoms with Crippen molar-refractivity contribution in [1.82, 2.24) is 10.3 Å². The zero-order valence-electron chi connectivity index (χ0n) is 14.1. The van der Waals surface area contributed by atoms with Crippen LogP contribution in [0.25, 0.3) is 11.5 Å². The van der Waals surface area contributed by atoms with Crippen molar-refractivity contribution >= 4 is 11.9 Å². The topological polar surface area (TPSA) is 92.4 Å². The minimum atomic E-state index is -0.981. The van der Waals surface area contributed by atoms with Crippen molar-refractivity contribution in [2.75, 3.05) is 6.54 Å². The SMILES string of the molecule is CC(C)(CNC(=O)[C@@H]1C=C[C@@H]1C(=O)O)c1coc(-c2ccccc2)n1. The van der Waals surface area contributed by atoms with Crippen LogP contribution >= 0.6 is 0 Å². The third-order valence-electron chi connectivity index (χ3n) is 4.42. The lowest BCUT2D eigenvalue weighted by atomic mass is 9.81. The Balaban J connectivity index is 1.64. The number of carboxylic acids is 1. The molecule has 1 aliphatic carbocycles. The van der Waals surface area contributed by atoms with Gasteiger partial charge < -0.3 is 14.8 Å². The summed E-state index contributed by atoms with van der Waals surface area (Å²) >= 11 is 0. The zero-order valence-corrected chi connectivity index (χ0v) is 14.1. The molecule has 2 N–H and O–H groups in total. The van der Waals surface area contributed by atoms with Gasteiger partial charge in [0.1, 0.15) is 6.26 Å². The van der Waals surface area contributed by atoms with E-state index in [9.17, 15) is 9.59 Å². The summed E-state index contributed by atoms with van der Waals surface area (Å²) < 4.78 is 5.56. The summed E-state index contributed by atoms with van der Waals surface area (Å²) in [7, 11) is 0. The van der Waals surface area contributed by atoms with Crippen molar-refractivity contribution in [3.05, 3.63) is 54.4 Å². The van der Waals surface area contributed by atoms with E-state index in [1.165, 1.54) is 6.08 Å². The molecular formula is C19H20N2O4. The number of rotatable bonds is 6. The minimum Gasteiger partial charge on any atom is -0.481 e. The molecule has 1 aromatic carbocycles. The molecule has 0 unspecified atom stereocenters. The average molecular weight is 340 g/mol. The van der Waals surface area contributed by atoms with Gasteiger partial charge in [-0.25, -0.2) is 4.98 Å². The number of nitrogens with zero attached hydrogens (tertiary/aromatic N) is 1. The molecule has 3 rings (SSSR count). The van der Waals surface area contributed by atoms with Crippen LogP contribution in [-0.4, -0.2) is 28.5 Å². The molecular weight excluding hydrogens is 320 g/mol. The van der Waals surface area contributed by atoms with Crippen LogP contribution in [0.1, 0.15) is 19.5 Å². The first kappa shape index (κ1) is 17.0. The molecule has 0 spiro atoms. The zero-order chi connectivity index (χ0) is 18.0. The second kappa shape index (κ2) is 6.55. The van der Waals surface area contributed by atoms with E-state index >= 15 is 0 Å². The van der Waals surface area contributed by atoms with E-state index in [0.717, 1.165) is 11.3 Å². The molecule has 0 fully saturated rings. The summed E-state index contributed by atoms with van der Waals surface area (Å²) in [6, 6.07) is 9.58. The Bertz CT molecular complexity index is 808. The number of nitrogens with one attached hydrogen (secondary N) is 1. The fourth-order valence-electron chi connectivity index (χ4n) is 2.63. The largest absolute Gasteiger partial charge is 0.481 e. The summed E-state index contributed by atoms with van der Waals surface area (Å²) in [5.41, 5.74) is 1.17. The monoisotopic (exact) mass is 340 g/mol. The molecule has 2 aromatic rings. The number of amides is 1. The predicted octanol–water partition coefficient (Wildman–Crippen LogP) is 2.62. The molecule has 6 nitrogen and oxygen atoms in total. The van der Waals surface area contributed by atoms with E-state index in [1.807, 2.05) is 44.2 Å². The number of carbonyl (C=O) groups excluding carboxylic acids is 1. The number of benzene rings is 1. The third kappa shape index (κ3) is 3.47. The third-order valence-corrected chi connectivity index (χ3v) is 4.42. The van der Waals surface area contributed by atoms with Crippen molar-refractivity contribution in [2.24, 2.45) is 11.8 Å². The van der Waals surface area contributed by atoms with E-state index in [1.54, 1.807) is 12.3 Å². The molecule has 1 aromatic heterocycles. The highest BCUT2D eigenvalue weighted by molar-refractivity contribution is 5.89. The second-order valence-corrected chi connectivity index (χ2v) is 6.78. The lowest BCUT2D eigenvalue weighted by Crippen LogP contribution is -2.44. The molecule has 0 saturated carbocycles. The van der Waals surface area contributed by atoms with Gasteiger partial charge in [0, 0.05) is 17.5 Å². The van der Waals surface area contributed by atoms with Crippen molar-refractivity contribution < 1.29 is 19.1 Å². The van der Waals surface area contributed by atoms with Crippen LogP contribution in [0.4, 0.5) is 0 Å². The van der Waals surface area contributed by atoms with Crippen molar-refractivity contribution in [1.29, 1.82) is 0 Å². The molecule has 6 heteroatoms. The molecule has 1 heterocycles. The maximum Gasteiger partial charge on any atom is 0.311 e. The van der Waals surface area contributed by atoms with Crippen LogP contribution in [0.5, 0.6) is 0 Å². The van der Waals surface area contributed by atoms with Gasteiger partial charge in [-0.15, -0.1) is 0 Å². The quantitative estimate of drug-likeness (QED) is 0.789. The number of oxazole rings is 1. The summed E-state index contributed by atoms with van der Waals surface area (Å²) in [5.74, 6) is -2.08. The lowest BCUT2D eigenvalue weighted by Gasteiger charge is -2.28. The highest BCUT2D eigenvalue weighted by Crippen LogP contribution is 2.28. The van der Waals surface area contributed by atoms with Crippen molar-refractivity contribution in [2.45, 2.75) is 19.3 Å². The standard InChI is InChI=1S/C19H20N2O4/c1-19(2,11-20-16(22)13-8-9-14(13)18(23)24)15-10-25-17(21-15)12-6-4-3-5-7-12/h3-10,13-14H,11H2,1-2H3,(H,20,22)(H,23,24)/t13-,14+/m1/s1. The fraction of sp³-hybridized carbons (Fsp3) is 0.316. The average Bonchev–Trinajstić information content (AvgIpc) is 3.03. The van der Waals surface area contributed by atoms with Crippen molar-refractivity contribution in [3.8, 4) is 11.5 Å². The Morgan fingerprint density at radius 3 is 2.48 bits per heavy atom. The smallest absolute Gasteiger partial charge is 0.311 e. The predicted molar refractivity (Wildman–Crippen MR) is 91.7 cm³/mol. The van der Waals surface area contributed by atoms with Gasteiger partial charge in [-0.05, 0) is 12.1 Å². The van der Waals surface area contributed by atoms with Gasteiger partial charge in [-0.3, -0.25) is 9.59 Å². The number of hydrogen-bond acceptors (Lipinski definition) is 4. The Morgan fingerprint density at radius 1 is 1.20 bits per heavy atom. The van der Waals surface area contributed by atoms with Crippen LogP contribution in [0, 0.1) is 11.8 Å². The van der Waals surface area contributed by atoms with Gasteiger partial charge in [-0.2, -0.15) is 0 Å². The fourth-order valence-corrected chi connectivity index (χ4v) is 2.63. The van der Waals surface area contributed by atoms with Gasteiger partial charge in [-0.1, -0.05) is 44.2 Å². The Kier molecular flexibility index (Phi) is 4.44. The highest BCUT2D eigenvalue weighted by atomic mass is 16.4. The van der Waals surface area contributed by atoms with Gasteiger partial charge in [0.05, 0.1) is 17.5 Å². The number of carbonyl (C=O) groups is 2. The molecule has 0 radical (unpaired) electrons. The number of carboxylic acid groups (broad SMARTS) is 1. The van der Waals surface area contributed by atoms with Crippen molar-refractivity contribution in [3.63, 3.8) is 0 Å². The van der Waals surface area contributed by atoms with Crippen LogP contribution in [-0.2, 0) is 15.0 Å². The Labute approximate surface area is 145 Å². The number of hydrogen-bond donors (Lipinski definition) is 2. The van der Waals surface area contributed by atoms with Gasteiger partial charge in [0.25, 0.3) is 0 Å². The minimum absolute atomic E-state index is 0.283. The molecule has 2 atom stereocenters. The van der Waals surface area contributed by atoms with Crippen LogP contribution in [0.15, 0.2) is 53.2 Å². The summed E-state index contributed by atoms with van der Waals surface area (Å²) in [5, 5.41) is 11.8. The van der Waals surface area contributed by atoms with Gasteiger partial charge in [0.15, 0.2) is 0 Å². The van der Waals surface area contributed by atoms with E-state index in [4.69, 9.17) is 9.52 Å². The molecule has 1 aliphatic rings. The first-order valence-corrected chi connectivity index (χ1v) is 8.09. The highest BCUT2D eigenvalue weighted by Gasteiger charge is 2.36. The molecule has 0 bridgehead atoms. The maximum absolute atomic E-state index is 12.2. The van der Waals surface area contributed by atoms with Gasteiger partial charge >= 0.3 is 5.97 Å². The van der Waals surface area contributed by atoms with Crippen LogP contribution < -0.4 is 5.32 Å². The van der Waals surface area contributed by atoms with Crippen LogP contribution in [0.2, 0.25) is 0 Å². The second-order valence-electron chi connectivity index (χ2n) is 6.78. The molecule has 130 valence electrons. The number of aromatic nitrogens is 1. The van der Waals surface area contributed by atoms with E-state index < -0.39 is 23.2 Å². The Hall–Kier alpha value is -2.89. The Morgan fingerprint density at radius 2 is 1.88 bits per heavy atom. The first-order chi connectivity index (χ1) is 11.9. The lowest BCUT2D eigenvalue weighted by molar-refractivity contribution is -0.145. The summed E-state index contributed by atoms with van der Waals surface area (Å²) in [6.07, 6.45) is 4.74. The van der Waals surface area contributed by atoms with E-state index in [0.29, 0.717) is 12.4 Å². The molecule has 25 heavy (non-hydrogen) atoms. The summed E-state index contributed by atoms with van der Waals surface area (Å²) in [6.45, 7) is 4.24. The normalized spacial score (nSPS) is 19.3. The maximum atomic E-state index is 12.2. The van der Waals surface area contributed by atoms with E-state index in [-0.39, 0.29) is 5.91 Å². The summed E-state index contributed by atoms with van der Waals surface area (Å²) in [4.78, 5) is 27.7. The molecule has 0 saturated heterocycles. The van der Waals surface area contributed by atoms with E-state index in [2.05, 4.69) is 10.3 Å². The molecule has 1 amide bonds. The first-order valence-electron chi connectivity index (χ1n) is 8.09. The number of aliphatic carboxylic acids is 1. The van der Waals surface area contributed by atoms with Crippen LogP contribution in [0.3, 0.4) is 0 Å². The van der Waals surface area contributed by atoms with Gasteiger partial charge in [0.2, 0.25) is 11.8 Å². The molecule has 0 aliphatic heterocycles.